The molecule has 0 aliphatic heterocycles. The highest BCUT2D eigenvalue weighted by Gasteiger charge is 2.43. The highest BCUT2D eigenvalue weighted by molar-refractivity contribution is 5.77. The van der Waals surface area contributed by atoms with Gasteiger partial charge in [0.15, 0.2) is 0 Å². The molecule has 7 nitrogen and oxygen atoms in total. The molecule has 1 atom stereocenters. The summed E-state index contributed by atoms with van der Waals surface area (Å²) in [5.41, 5.74) is -0.0118. The monoisotopic (exact) mass is 439 g/mol. The van der Waals surface area contributed by atoms with Gasteiger partial charge in [-0.3, -0.25) is 9.78 Å². The van der Waals surface area contributed by atoms with Crippen molar-refractivity contribution in [1.82, 2.24) is 14.9 Å². The summed E-state index contributed by atoms with van der Waals surface area (Å²) in [4.78, 5) is 25.4. The lowest BCUT2D eigenvalue weighted by Gasteiger charge is -2.41. The number of ether oxygens (including phenoxy) is 1. The second-order valence-electron chi connectivity index (χ2n) is 8.05. The predicted octanol–water partition coefficient (Wildman–Crippen LogP) is 3.65. The zero-order chi connectivity index (χ0) is 23.1. The molecule has 3 rings (SSSR count). The molecule has 1 fully saturated rings. The first kappa shape index (κ1) is 23.6. The molecular formula is C24H30FN5O2. The van der Waals surface area contributed by atoms with E-state index in [0.29, 0.717) is 43.7 Å². The van der Waals surface area contributed by atoms with Crippen LogP contribution in [0.15, 0.2) is 36.7 Å². The molecule has 1 aliphatic rings. The van der Waals surface area contributed by atoms with E-state index in [4.69, 9.17) is 10.00 Å². The van der Waals surface area contributed by atoms with Crippen molar-refractivity contribution in [3.63, 3.8) is 0 Å². The van der Waals surface area contributed by atoms with Crippen LogP contribution in [-0.4, -0.2) is 53.1 Å². The minimum absolute atomic E-state index is 0.00948. The van der Waals surface area contributed by atoms with Gasteiger partial charge in [-0.05, 0) is 64.3 Å². The quantitative estimate of drug-likeness (QED) is 0.562. The largest absolute Gasteiger partial charge is 0.359 e. The van der Waals surface area contributed by atoms with E-state index in [0.717, 1.165) is 12.2 Å². The summed E-state index contributed by atoms with van der Waals surface area (Å²) in [5.74, 6) is 0.234. The summed E-state index contributed by atoms with van der Waals surface area (Å²) in [7, 11) is 0. The SMILES string of the molecule is CCN(CC(C)N(CC)c1ccc(C#N)cn1)C(=O)COC1(c2ncccc2F)CCC1. The summed E-state index contributed by atoms with van der Waals surface area (Å²) in [6, 6.07) is 8.57. The van der Waals surface area contributed by atoms with E-state index in [1.165, 1.54) is 6.07 Å². The van der Waals surface area contributed by atoms with E-state index >= 15 is 0 Å². The highest BCUT2D eigenvalue weighted by Crippen LogP contribution is 2.44. The molecule has 170 valence electrons. The van der Waals surface area contributed by atoms with Gasteiger partial charge in [0.1, 0.15) is 35.6 Å². The van der Waals surface area contributed by atoms with Crippen molar-refractivity contribution in [1.29, 1.82) is 5.26 Å². The molecule has 2 aromatic rings. The first-order chi connectivity index (χ1) is 15.4. The fourth-order valence-electron chi connectivity index (χ4n) is 4.11. The molecule has 8 heteroatoms. The van der Waals surface area contributed by atoms with Crippen molar-refractivity contribution in [3.8, 4) is 6.07 Å². The number of hydrogen-bond donors (Lipinski definition) is 0. The molecule has 0 saturated heterocycles. The van der Waals surface area contributed by atoms with Gasteiger partial charge in [0.2, 0.25) is 5.91 Å². The number of halogens is 1. The maximum atomic E-state index is 14.3. The summed E-state index contributed by atoms with van der Waals surface area (Å²) in [5, 5.41) is 8.98. The van der Waals surface area contributed by atoms with E-state index in [-0.39, 0.29) is 18.6 Å². The van der Waals surface area contributed by atoms with Gasteiger partial charge in [-0.2, -0.15) is 5.26 Å². The predicted molar refractivity (Wildman–Crippen MR) is 119 cm³/mol. The van der Waals surface area contributed by atoms with Gasteiger partial charge < -0.3 is 14.5 Å². The van der Waals surface area contributed by atoms with Crippen molar-refractivity contribution >= 4 is 11.7 Å². The van der Waals surface area contributed by atoms with Gasteiger partial charge in [-0.25, -0.2) is 9.37 Å². The number of pyridine rings is 2. The topological polar surface area (TPSA) is 82.3 Å². The van der Waals surface area contributed by atoms with E-state index in [1.54, 1.807) is 29.4 Å². The first-order valence-electron chi connectivity index (χ1n) is 11.1. The molecule has 1 saturated carbocycles. The van der Waals surface area contributed by atoms with Crippen LogP contribution >= 0.6 is 0 Å². The fourth-order valence-corrected chi connectivity index (χ4v) is 4.11. The molecule has 2 heterocycles. The molecule has 1 unspecified atom stereocenters. The number of aromatic nitrogens is 2. The van der Waals surface area contributed by atoms with Crippen molar-refractivity contribution in [2.75, 3.05) is 31.1 Å². The van der Waals surface area contributed by atoms with E-state index < -0.39 is 11.4 Å². The summed E-state index contributed by atoms with van der Waals surface area (Å²) < 4.78 is 20.3. The van der Waals surface area contributed by atoms with Gasteiger partial charge >= 0.3 is 0 Å². The van der Waals surface area contributed by atoms with Crippen molar-refractivity contribution in [3.05, 3.63) is 53.7 Å². The number of hydrogen-bond acceptors (Lipinski definition) is 6. The molecular weight excluding hydrogens is 409 g/mol. The maximum absolute atomic E-state index is 14.3. The van der Waals surface area contributed by atoms with E-state index in [2.05, 4.69) is 20.9 Å². The van der Waals surface area contributed by atoms with Crippen LogP contribution in [0.4, 0.5) is 10.2 Å². The van der Waals surface area contributed by atoms with Crippen molar-refractivity contribution in [2.45, 2.75) is 51.7 Å². The second-order valence-corrected chi connectivity index (χ2v) is 8.05. The summed E-state index contributed by atoms with van der Waals surface area (Å²) in [6.45, 7) is 7.63. The van der Waals surface area contributed by atoms with Gasteiger partial charge in [0.05, 0.1) is 5.56 Å². The third kappa shape index (κ3) is 5.05. The van der Waals surface area contributed by atoms with Crippen LogP contribution in [0.3, 0.4) is 0 Å². The number of likely N-dealkylation sites (N-methyl/N-ethyl adjacent to an activating group) is 2. The number of carbonyl (C=O) groups is 1. The lowest BCUT2D eigenvalue weighted by molar-refractivity contribution is -0.155. The second kappa shape index (κ2) is 10.5. The molecule has 0 aromatic carbocycles. The molecule has 0 bridgehead atoms. The van der Waals surface area contributed by atoms with Gasteiger partial charge in [0, 0.05) is 38.1 Å². The Balaban J connectivity index is 1.63. The Morgan fingerprint density at radius 1 is 1.28 bits per heavy atom. The summed E-state index contributed by atoms with van der Waals surface area (Å²) in [6.07, 6.45) is 5.34. The van der Waals surface area contributed by atoms with Crippen LogP contribution in [0.2, 0.25) is 0 Å². The molecule has 0 spiro atoms. The van der Waals surface area contributed by atoms with E-state index in [1.807, 2.05) is 26.8 Å². The Kier molecular flexibility index (Phi) is 7.75. The van der Waals surface area contributed by atoms with Gasteiger partial charge in [0.25, 0.3) is 0 Å². The lowest BCUT2D eigenvalue weighted by Crippen LogP contribution is -2.47. The van der Waals surface area contributed by atoms with E-state index in [9.17, 15) is 9.18 Å². The van der Waals surface area contributed by atoms with Crippen LogP contribution in [-0.2, 0) is 15.1 Å². The van der Waals surface area contributed by atoms with Crippen LogP contribution in [0.5, 0.6) is 0 Å². The maximum Gasteiger partial charge on any atom is 0.248 e. The Bertz CT molecular complexity index is 956. The van der Waals surface area contributed by atoms with Crippen molar-refractivity contribution in [2.24, 2.45) is 0 Å². The number of anilines is 1. The molecule has 0 radical (unpaired) electrons. The van der Waals surface area contributed by atoms with Gasteiger partial charge in [-0.15, -0.1) is 0 Å². The lowest BCUT2D eigenvalue weighted by atomic mass is 9.77. The minimum atomic E-state index is -0.812. The Labute approximate surface area is 188 Å². The number of amides is 1. The smallest absolute Gasteiger partial charge is 0.248 e. The molecule has 2 aromatic heterocycles. The van der Waals surface area contributed by atoms with Crippen LogP contribution in [0, 0.1) is 17.1 Å². The Morgan fingerprint density at radius 2 is 2.06 bits per heavy atom. The average molecular weight is 440 g/mol. The third-order valence-electron chi connectivity index (χ3n) is 6.09. The zero-order valence-corrected chi connectivity index (χ0v) is 18.9. The first-order valence-corrected chi connectivity index (χ1v) is 11.1. The summed E-state index contributed by atoms with van der Waals surface area (Å²) >= 11 is 0. The molecule has 32 heavy (non-hydrogen) atoms. The number of nitriles is 1. The number of carbonyl (C=O) groups excluding carboxylic acids is 1. The fraction of sp³-hybridized carbons (Fsp3) is 0.500. The average Bonchev–Trinajstić information content (AvgIpc) is 2.78. The minimum Gasteiger partial charge on any atom is -0.359 e. The van der Waals surface area contributed by atoms with Crippen LogP contribution in [0.1, 0.15) is 51.3 Å². The highest BCUT2D eigenvalue weighted by atomic mass is 19.1. The Morgan fingerprint density at radius 3 is 2.59 bits per heavy atom. The molecule has 1 aliphatic carbocycles. The number of nitrogens with zero attached hydrogens (tertiary/aromatic N) is 5. The van der Waals surface area contributed by atoms with Gasteiger partial charge in [-0.1, -0.05) is 0 Å². The molecule has 0 N–H and O–H groups in total. The number of rotatable bonds is 10. The van der Waals surface area contributed by atoms with Crippen LogP contribution in [0.25, 0.3) is 0 Å². The normalized spacial score (nSPS) is 15.3. The van der Waals surface area contributed by atoms with Crippen molar-refractivity contribution < 1.29 is 13.9 Å². The zero-order valence-electron chi connectivity index (χ0n) is 18.9. The van der Waals surface area contributed by atoms with Crippen LogP contribution < -0.4 is 4.90 Å². The standard InChI is InChI=1S/C24H30FN5O2/c1-4-29(16-18(3)30(5-2)21-10-9-19(14-26)15-28-21)22(31)17-32-24(11-7-12-24)23-20(25)8-6-13-27-23/h6,8-10,13,15,18H,4-5,7,11-12,16-17H2,1-3H3. The Hall–Kier alpha value is -3.05. The molecule has 1 amide bonds. The third-order valence-corrected chi connectivity index (χ3v) is 6.09.